The lowest BCUT2D eigenvalue weighted by Crippen LogP contribution is -2.47. The Morgan fingerprint density at radius 2 is 1.76 bits per heavy atom. The summed E-state index contributed by atoms with van der Waals surface area (Å²) >= 11 is 1.38. The van der Waals surface area contributed by atoms with E-state index < -0.39 is 0 Å². The van der Waals surface area contributed by atoms with Gasteiger partial charge in [-0.15, -0.1) is 10.2 Å². The molecule has 1 unspecified atom stereocenters. The standard InChI is InChI=1S/C20H28N6O2S/c1-14-5-7-16(8-6-14)19(28)21-15(2)18-22-23-20(25(18)4)29-13-17(27)26-11-9-24(3)10-12-26/h5-8,15H,9-13H2,1-4H3,(H,21,28). The predicted molar refractivity (Wildman–Crippen MR) is 113 cm³/mol. The van der Waals surface area contributed by atoms with Crippen molar-refractivity contribution in [3.8, 4) is 0 Å². The molecule has 1 atom stereocenters. The number of nitrogens with one attached hydrogen (secondary N) is 1. The van der Waals surface area contributed by atoms with Crippen LogP contribution in [0.15, 0.2) is 29.4 Å². The number of hydrogen-bond donors (Lipinski definition) is 1. The zero-order chi connectivity index (χ0) is 21.0. The van der Waals surface area contributed by atoms with E-state index in [0.717, 1.165) is 31.7 Å². The van der Waals surface area contributed by atoms with Gasteiger partial charge in [0.1, 0.15) is 0 Å². The quantitative estimate of drug-likeness (QED) is 0.719. The third-order valence-corrected chi connectivity index (χ3v) is 6.10. The van der Waals surface area contributed by atoms with Crippen molar-refractivity contribution in [3.63, 3.8) is 0 Å². The van der Waals surface area contributed by atoms with Crippen LogP contribution < -0.4 is 5.32 Å². The van der Waals surface area contributed by atoms with Crippen LogP contribution in [0.5, 0.6) is 0 Å². The molecule has 3 rings (SSSR count). The number of carbonyl (C=O) groups excluding carboxylic acids is 2. The van der Waals surface area contributed by atoms with Gasteiger partial charge in [0.05, 0.1) is 11.8 Å². The molecule has 0 aliphatic carbocycles. The van der Waals surface area contributed by atoms with E-state index in [4.69, 9.17) is 0 Å². The Hall–Kier alpha value is -2.39. The van der Waals surface area contributed by atoms with Crippen molar-refractivity contribution in [3.05, 3.63) is 41.2 Å². The second-order valence-corrected chi connectivity index (χ2v) is 8.38. The first-order valence-electron chi connectivity index (χ1n) is 9.71. The van der Waals surface area contributed by atoms with Crippen molar-refractivity contribution in [1.29, 1.82) is 0 Å². The molecule has 0 radical (unpaired) electrons. The molecule has 29 heavy (non-hydrogen) atoms. The minimum Gasteiger partial charge on any atom is -0.342 e. The van der Waals surface area contributed by atoms with E-state index in [9.17, 15) is 9.59 Å². The van der Waals surface area contributed by atoms with Gasteiger partial charge in [0.25, 0.3) is 5.91 Å². The lowest BCUT2D eigenvalue weighted by Gasteiger charge is -2.32. The van der Waals surface area contributed by atoms with Crippen LogP contribution in [0.25, 0.3) is 0 Å². The second-order valence-electron chi connectivity index (χ2n) is 7.43. The SMILES string of the molecule is Cc1ccc(C(=O)NC(C)c2nnc(SCC(=O)N3CCN(C)CC3)n2C)cc1. The number of aromatic nitrogens is 3. The first-order chi connectivity index (χ1) is 13.8. The number of nitrogens with zero attached hydrogens (tertiary/aromatic N) is 5. The largest absolute Gasteiger partial charge is 0.342 e. The number of benzene rings is 1. The van der Waals surface area contributed by atoms with Crippen LogP contribution >= 0.6 is 11.8 Å². The van der Waals surface area contributed by atoms with E-state index >= 15 is 0 Å². The fourth-order valence-electron chi connectivity index (χ4n) is 3.15. The summed E-state index contributed by atoms with van der Waals surface area (Å²) in [6.45, 7) is 7.20. The van der Waals surface area contributed by atoms with E-state index in [1.54, 1.807) is 12.1 Å². The Morgan fingerprint density at radius 3 is 2.41 bits per heavy atom. The number of thioether (sulfide) groups is 1. The van der Waals surface area contributed by atoms with Crippen LogP contribution in [0.1, 0.15) is 34.7 Å². The second kappa shape index (κ2) is 9.41. The third-order valence-electron chi connectivity index (χ3n) is 5.10. The maximum absolute atomic E-state index is 12.4. The topological polar surface area (TPSA) is 83.4 Å². The number of aryl methyl sites for hydroxylation is 1. The molecule has 1 aromatic carbocycles. The molecule has 2 amide bonds. The number of hydrogen-bond acceptors (Lipinski definition) is 6. The molecule has 1 saturated heterocycles. The summed E-state index contributed by atoms with van der Waals surface area (Å²) in [5.74, 6) is 0.952. The maximum Gasteiger partial charge on any atom is 0.251 e. The molecule has 1 aliphatic rings. The van der Waals surface area contributed by atoms with Gasteiger partial charge in [-0.05, 0) is 33.0 Å². The molecular weight excluding hydrogens is 388 g/mol. The van der Waals surface area contributed by atoms with Crippen LogP contribution in [0.2, 0.25) is 0 Å². The highest BCUT2D eigenvalue weighted by Crippen LogP contribution is 2.20. The molecule has 156 valence electrons. The van der Waals surface area contributed by atoms with Gasteiger partial charge in [0, 0.05) is 38.8 Å². The molecule has 1 N–H and O–H groups in total. The number of piperazine rings is 1. The molecule has 0 spiro atoms. The van der Waals surface area contributed by atoms with Gasteiger partial charge in [-0.1, -0.05) is 29.5 Å². The minimum absolute atomic E-state index is 0.119. The molecule has 1 fully saturated rings. The fourth-order valence-corrected chi connectivity index (χ4v) is 3.97. The van der Waals surface area contributed by atoms with Crippen LogP contribution in [0.3, 0.4) is 0 Å². The number of rotatable bonds is 6. The molecule has 1 aliphatic heterocycles. The number of carbonyl (C=O) groups is 2. The van der Waals surface area contributed by atoms with Gasteiger partial charge in [-0.2, -0.15) is 0 Å². The van der Waals surface area contributed by atoms with Crippen molar-refractivity contribution in [1.82, 2.24) is 29.9 Å². The monoisotopic (exact) mass is 416 g/mol. The van der Waals surface area contributed by atoms with Crippen molar-refractivity contribution in [2.75, 3.05) is 39.0 Å². The normalized spacial score (nSPS) is 15.9. The van der Waals surface area contributed by atoms with Gasteiger partial charge in [-0.3, -0.25) is 9.59 Å². The smallest absolute Gasteiger partial charge is 0.251 e. The lowest BCUT2D eigenvalue weighted by atomic mass is 10.1. The predicted octanol–water partition coefficient (Wildman–Crippen LogP) is 1.48. The Morgan fingerprint density at radius 1 is 1.10 bits per heavy atom. The molecule has 1 aromatic heterocycles. The highest BCUT2D eigenvalue weighted by Gasteiger charge is 2.22. The summed E-state index contributed by atoms with van der Waals surface area (Å²) in [5.41, 5.74) is 1.72. The average molecular weight is 417 g/mol. The summed E-state index contributed by atoms with van der Waals surface area (Å²) in [6.07, 6.45) is 0. The van der Waals surface area contributed by atoms with Gasteiger partial charge >= 0.3 is 0 Å². The van der Waals surface area contributed by atoms with Gasteiger partial charge in [-0.25, -0.2) is 0 Å². The van der Waals surface area contributed by atoms with Crippen LogP contribution in [-0.2, 0) is 11.8 Å². The summed E-state index contributed by atoms with van der Waals surface area (Å²) in [7, 11) is 3.92. The molecule has 2 aromatic rings. The number of likely N-dealkylation sites (N-methyl/N-ethyl adjacent to an activating group) is 1. The summed E-state index contributed by atoms with van der Waals surface area (Å²) in [4.78, 5) is 29.0. The zero-order valence-corrected chi connectivity index (χ0v) is 18.2. The number of amides is 2. The van der Waals surface area contributed by atoms with E-state index in [1.807, 2.05) is 42.5 Å². The molecular formula is C20H28N6O2S. The van der Waals surface area contributed by atoms with Gasteiger partial charge in [0.2, 0.25) is 5.91 Å². The van der Waals surface area contributed by atoms with Crippen molar-refractivity contribution in [2.45, 2.75) is 25.0 Å². The summed E-state index contributed by atoms with van der Waals surface area (Å²) < 4.78 is 1.84. The van der Waals surface area contributed by atoms with E-state index in [2.05, 4.69) is 27.5 Å². The Bertz CT molecular complexity index is 858. The summed E-state index contributed by atoms with van der Waals surface area (Å²) in [6, 6.07) is 7.13. The van der Waals surface area contributed by atoms with Crippen LogP contribution in [0.4, 0.5) is 0 Å². The van der Waals surface area contributed by atoms with Gasteiger partial charge < -0.3 is 19.7 Å². The minimum atomic E-state index is -0.302. The lowest BCUT2D eigenvalue weighted by molar-refractivity contribution is -0.129. The molecule has 9 heteroatoms. The Balaban J connectivity index is 1.56. The first kappa shape index (κ1) is 21.3. The Labute approximate surface area is 175 Å². The third kappa shape index (κ3) is 5.36. The molecule has 0 bridgehead atoms. The van der Waals surface area contributed by atoms with Crippen molar-refractivity contribution < 1.29 is 9.59 Å². The highest BCUT2D eigenvalue weighted by atomic mass is 32.2. The summed E-state index contributed by atoms with van der Waals surface area (Å²) in [5, 5.41) is 12.0. The zero-order valence-electron chi connectivity index (χ0n) is 17.4. The molecule has 0 saturated carbocycles. The van der Waals surface area contributed by atoms with Crippen molar-refractivity contribution >= 4 is 23.6 Å². The average Bonchev–Trinajstić information content (AvgIpc) is 3.07. The van der Waals surface area contributed by atoms with Crippen LogP contribution in [-0.4, -0.2) is 75.4 Å². The molecule has 8 nitrogen and oxygen atoms in total. The van der Waals surface area contributed by atoms with E-state index in [1.165, 1.54) is 11.8 Å². The van der Waals surface area contributed by atoms with Crippen LogP contribution in [0, 0.1) is 6.92 Å². The maximum atomic E-state index is 12.4. The first-order valence-corrected chi connectivity index (χ1v) is 10.7. The van der Waals surface area contributed by atoms with E-state index in [0.29, 0.717) is 22.3 Å². The molecule has 2 heterocycles. The Kier molecular flexibility index (Phi) is 6.92. The van der Waals surface area contributed by atoms with E-state index in [-0.39, 0.29) is 17.9 Å². The highest BCUT2D eigenvalue weighted by molar-refractivity contribution is 7.99. The van der Waals surface area contributed by atoms with Gasteiger partial charge in [0.15, 0.2) is 11.0 Å². The fraction of sp³-hybridized carbons (Fsp3) is 0.500. The van der Waals surface area contributed by atoms with Crippen molar-refractivity contribution in [2.24, 2.45) is 7.05 Å².